The van der Waals surface area contributed by atoms with Crippen LogP contribution in [0, 0.1) is 5.92 Å². The number of hydrogen-bond acceptors (Lipinski definition) is 3. The van der Waals surface area contributed by atoms with Crippen molar-refractivity contribution >= 4 is 28.2 Å². The van der Waals surface area contributed by atoms with Gasteiger partial charge in [-0.1, -0.05) is 36.4 Å². The molecule has 0 unspecified atom stereocenters. The van der Waals surface area contributed by atoms with Gasteiger partial charge in [-0.2, -0.15) is 0 Å². The molecule has 0 aromatic heterocycles. The number of allylic oxidation sites excluding steroid dienone is 2. The number of carbonyl (C=O) groups excluding carboxylic acids is 2. The maximum absolute atomic E-state index is 12.8. The third-order valence-corrected chi connectivity index (χ3v) is 6.00. The van der Waals surface area contributed by atoms with Crippen molar-refractivity contribution in [3.63, 3.8) is 0 Å². The maximum Gasteiger partial charge on any atom is 0.227 e. The van der Waals surface area contributed by atoms with E-state index in [9.17, 15) is 9.59 Å². The summed E-state index contributed by atoms with van der Waals surface area (Å²) in [5.74, 6) is 0.444. The molecule has 2 aliphatic rings. The molecule has 4 heteroatoms. The Morgan fingerprint density at radius 3 is 2.44 bits per heavy atom. The van der Waals surface area contributed by atoms with Crippen molar-refractivity contribution in [1.29, 1.82) is 0 Å². The Kier molecular flexibility index (Phi) is 4.97. The van der Waals surface area contributed by atoms with E-state index in [1.54, 1.807) is 0 Å². The fourth-order valence-corrected chi connectivity index (χ4v) is 4.28. The average molecular weight is 362 g/mol. The average Bonchev–Trinajstić information content (AvgIpc) is 3.01. The molecule has 1 saturated carbocycles. The molecule has 0 heterocycles. The molecule has 0 atom stereocenters. The van der Waals surface area contributed by atoms with Crippen molar-refractivity contribution in [3.05, 3.63) is 53.7 Å². The number of carbonyl (C=O) groups is 2. The third kappa shape index (κ3) is 3.75. The minimum atomic E-state index is 0.0577. The van der Waals surface area contributed by atoms with Crippen LogP contribution in [0.15, 0.2) is 53.7 Å². The summed E-state index contributed by atoms with van der Waals surface area (Å²) >= 11 is 0. The maximum atomic E-state index is 12.8. The first-order valence-electron chi connectivity index (χ1n) is 9.90. The smallest absolute Gasteiger partial charge is 0.227 e. The van der Waals surface area contributed by atoms with E-state index in [2.05, 4.69) is 22.8 Å². The van der Waals surface area contributed by atoms with E-state index in [0.29, 0.717) is 12.5 Å². The Hall–Kier alpha value is -2.62. The number of anilines is 1. The SMILES string of the molecule is CC1=C(N[C@H]2CC[C@@H](C(=O)Nc3cccc4ccccc34)CC2)CCC1=O. The molecule has 4 rings (SSSR count). The standard InChI is InChI=1S/C23H26N2O2/c1-15-20(13-14-22(15)26)24-18-11-9-17(10-12-18)23(27)25-21-8-4-6-16-5-2-3-7-19(16)21/h2-8,17-18,24H,9-14H2,1H3,(H,25,27)/t17-,18+. The highest BCUT2D eigenvalue weighted by Gasteiger charge is 2.28. The van der Waals surface area contributed by atoms with Crippen molar-refractivity contribution in [2.24, 2.45) is 5.92 Å². The molecule has 2 aliphatic carbocycles. The fourth-order valence-electron chi connectivity index (χ4n) is 4.28. The van der Waals surface area contributed by atoms with Crippen LogP contribution in [0.2, 0.25) is 0 Å². The first kappa shape index (κ1) is 17.8. The molecule has 0 radical (unpaired) electrons. The van der Waals surface area contributed by atoms with Crippen LogP contribution >= 0.6 is 0 Å². The zero-order chi connectivity index (χ0) is 18.8. The van der Waals surface area contributed by atoms with Gasteiger partial charge in [-0.25, -0.2) is 0 Å². The van der Waals surface area contributed by atoms with Crippen molar-refractivity contribution < 1.29 is 9.59 Å². The first-order chi connectivity index (χ1) is 13.1. The van der Waals surface area contributed by atoms with Crippen molar-refractivity contribution in [3.8, 4) is 0 Å². The van der Waals surface area contributed by atoms with Crippen LogP contribution in [0.25, 0.3) is 10.8 Å². The minimum absolute atomic E-state index is 0.0577. The normalized spacial score (nSPS) is 22.9. The van der Waals surface area contributed by atoms with E-state index in [1.807, 2.05) is 37.3 Å². The highest BCUT2D eigenvalue weighted by Crippen LogP contribution is 2.30. The molecule has 0 bridgehead atoms. The van der Waals surface area contributed by atoms with Gasteiger partial charge in [0.2, 0.25) is 5.91 Å². The molecular formula is C23H26N2O2. The van der Waals surface area contributed by atoms with E-state index in [0.717, 1.165) is 59.8 Å². The lowest BCUT2D eigenvalue weighted by molar-refractivity contribution is -0.120. The van der Waals surface area contributed by atoms with Crippen molar-refractivity contribution in [2.45, 2.75) is 51.5 Å². The Morgan fingerprint density at radius 2 is 1.70 bits per heavy atom. The summed E-state index contributed by atoms with van der Waals surface area (Å²) in [5, 5.41) is 8.92. The molecule has 0 saturated heterocycles. The zero-order valence-electron chi connectivity index (χ0n) is 15.8. The van der Waals surface area contributed by atoms with Gasteiger partial charge in [0.1, 0.15) is 0 Å². The quantitative estimate of drug-likeness (QED) is 0.838. The number of benzene rings is 2. The number of ketones is 1. The molecular weight excluding hydrogens is 336 g/mol. The minimum Gasteiger partial charge on any atom is -0.385 e. The van der Waals surface area contributed by atoms with E-state index >= 15 is 0 Å². The highest BCUT2D eigenvalue weighted by molar-refractivity contribution is 6.02. The third-order valence-electron chi connectivity index (χ3n) is 6.00. The van der Waals surface area contributed by atoms with Crippen LogP contribution in [0.4, 0.5) is 5.69 Å². The van der Waals surface area contributed by atoms with Gasteiger partial charge in [0.15, 0.2) is 5.78 Å². The summed E-state index contributed by atoms with van der Waals surface area (Å²) in [6.07, 6.45) is 5.18. The van der Waals surface area contributed by atoms with Crippen LogP contribution in [0.1, 0.15) is 45.4 Å². The summed E-state index contributed by atoms with van der Waals surface area (Å²) < 4.78 is 0. The lowest BCUT2D eigenvalue weighted by Crippen LogP contribution is -2.36. The molecule has 2 aromatic rings. The predicted octanol–water partition coefficient (Wildman–Crippen LogP) is 4.56. The zero-order valence-corrected chi connectivity index (χ0v) is 15.8. The van der Waals surface area contributed by atoms with Gasteiger partial charge in [0.05, 0.1) is 0 Å². The number of hydrogen-bond donors (Lipinski definition) is 2. The molecule has 1 amide bonds. The second-order valence-electron chi connectivity index (χ2n) is 7.74. The second-order valence-corrected chi connectivity index (χ2v) is 7.74. The van der Waals surface area contributed by atoms with Gasteiger partial charge in [0.25, 0.3) is 0 Å². The van der Waals surface area contributed by atoms with Crippen LogP contribution in [0.5, 0.6) is 0 Å². The Labute approximate surface area is 160 Å². The van der Waals surface area contributed by atoms with E-state index in [1.165, 1.54) is 0 Å². The van der Waals surface area contributed by atoms with Crippen LogP contribution in [-0.2, 0) is 9.59 Å². The van der Waals surface area contributed by atoms with Crippen molar-refractivity contribution in [2.75, 3.05) is 5.32 Å². The molecule has 2 N–H and O–H groups in total. The summed E-state index contributed by atoms with van der Waals surface area (Å²) in [6, 6.07) is 14.5. The van der Waals surface area contributed by atoms with Crippen LogP contribution < -0.4 is 10.6 Å². The Balaban J connectivity index is 1.35. The molecule has 0 spiro atoms. The number of rotatable bonds is 4. The van der Waals surface area contributed by atoms with Crippen molar-refractivity contribution in [1.82, 2.24) is 5.32 Å². The Morgan fingerprint density at radius 1 is 0.963 bits per heavy atom. The predicted molar refractivity (Wildman–Crippen MR) is 108 cm³/mol. The lowest BCUT2D eigenvalue weighted by Gasteiger charge is -2.29. The summed E-state index contributed by atoms with van der Waals surface area (Å²) in [7, 11) is 0. The van der Waals surface area contributed by atoms with Crippen LogP contribution in [-0.4, -0.2) is 17.7 Å². The lowest BCUT2D eigenvalue weighted by atomic mass is 9.85. The first-order valence-corrected chi connectivity index (χ1v) is 9.90. The van der Waals surface area contributed by atoms with E-state index in [-0.39, 0.29) is 17.6 Å². The summed E-state index contributed by atoms with van der Waals surface area (Å²) in [4.78, 5) is 24.5. The molecule has 140 valence electrons. The molecule has 0 aliphatic heterocycles. The number of fused-ring (bicyclic) bond motifs is 1. The van der Waals surface area contributed by atoms with Gasteiger partial charge < -0.3 is 10.6 Å². The van der Waals surface area contributed by atoms with E-state index < -0.39 is 0 Å². The van der Waals surface area contributed by atoms with E-state index in [4.69, 9.17) is 0 Å². The molecule has 4 nitrogen and oxygen atoms in total. The topological polar surface area (TPSA) is 58.2 Å². The molecule has 27 heavy (non-hydrogen) atoms. The summed E-state index contributed by atoms with van der Waals surface area (Å²) in [5.41, 5.74) is 2.90. The summed E-state index contributed by atoms with van der Waals surface area (Å²) in [6.45, 7) is 1.92. The number of amides is 1. The Bertz CT molecular complexity index is 902. The fraction of sp³-hybridized carbons (Fsp3) is 0.391. The highest BCUT2D eigenvalue weighted by atomic mass is 16.2. The van der Waals surface area contributed by atoms with Crippen LogP contribution in [0.3, 0.4) is 0 Å². The van der Waals surface area contributed by atoms with Gasteiger partial charge in [-0.05, 0) is 50.5 Å². The van der Waals surface area contributed by atoms with Gasteiger partial charge in [-0.15, -0.1) is 0 Å². The van der Waals surface area contributed by atoms with Gasteiger partial charge in [-0.3, -0.25) is 9.59 Å². The largest absolute Gasteiger partial charge is 0.385 e. The van der Waals surface area contributed by atoms with Gasteiger partial charge >= 0.3 is 0 Å². The molecule has 1 fully saturated rings. The monoisotopic (exact) mass is 362 g/mol. The number of nitrogens with one attached hydrogen (secondary N) is 2. The second kappa shape index (κ2) is 7.55. The van der Waals surface area contributed by atoms with Gasteiger partial charge in [0, 0.05) is 40.7 Å². The molecule has 2 aromatic carbocycles. The number of Topliss-reactive ketones (excluding diaryl/α,β-unsaturated/α-hetero) is 1.